The van der Waals surface area contributed by atoms with E-state index in [1.165, 1.54) is 5.56 Å². The molecule has 0 unspecified atom stereocenters. The molecule has 0 radical (unpaired) electrons. The van der Waals surface area contributed by atoms with Crippen LogP contribution >= 0.6 is 0 Å². The van der Waals surface area contributed by atoms with Crippen molar-refractivity contribution in [3.8, 4) is 5.75 Å². The van der Waals surface area contributed by atoms with Crippen LogP contribution in [0.1, 0.15) is 12.0 Å². The summed E-state index contributed by atoms with van der Waals surface area (Å²) in [7, 11) is 5.57. The largest absolute Gasteiger partial charge is 0.497 e. The van der Waals surface area contributed by atoms with Crippen molar-refractivity contribution in [2.45, 2.75) is 13.0 Å². The fourth-order valence-corrected chi connectivity index (χ4v) is 1.90. The van der Waals surface area contributed by atoms with E-state index in [1.807, 2.05) is 12.1 Å². The number of ether oxygens (including phenoxy) is 2. The molecule has 0 aromatic heterocycles. The standard InChI is InChI=1S/C15H26N2O2/c1-17(10-9-16-8-5-11-18-2)13-14-6-4-7-15(12-14)19-3/h4,6-7,12,16H,5,8-11,13H2,1-3H3. The van der Waals surface area contributed by atoms with Crippen LogP contribution in [0.25, 0.3) is 0 Å². The van der Waals surface area contributed by atoms with E-state index in [2.05, 4.69) is 29.4 Å². The van der Waals surface area contributed by atoms with Crippen molar-refractivity contribution in [1.82, 2.24) is 10.2 Å². The first-order valence-corrected chi connectivity index (χ1v) is 6.77. The van der Waals surface area contributed by atoms with Gasteiger partial charge in [-0.2, -0.15) is 0 Å². The molecule has 0 bridgehead atoms. The first-order valence-electron chi connectivity index (χ1n) is 6.77. The third-order valence-electron chi connectivity index (χ3n) is 2.96. The molecule has 1 aromatic rings. The number of methoxy groups -OCH3 is 2. The molecule has 1 aromatic carbocycles. The van der Waals surface area contributed by atoms with Gasteiger partial charge in [0.1, 0.15) is 5.75 Å². The molecule has 0 saturated heterocycles. The Morgan fingerprint density at radius 1 is 1.21 bits per heavy atom. The van der Waals surface area contributed by atoms with Crippen LogP contribution in [0.2, 0.25) is 0 Å². The lowest BCUT2D eigenvalue weighted by Gasteiger charge is -2.17. The summed E-state index contributed by atoms with van der Waals surface area (Å²) in [5.74, 6) is 0.920. The van der Waals surface area contributed by atoms with Gasteiger partial charge in [0.05, 0.1) is 7.11 Å². The van der Waals surface area contributed by atoms with Gasteiger partial charge >= 0.3 is 0 Å². The molecule has 0 amide bonds. The predicted molar refractivity (Wildman–Crippen MR) is 78.7 cm³/mol. The molecule has 0 heterocycles. The van der Waals surface area contributed by atoms with Gasteiger partial charge in [0.15, 0.2) is 0 Å². The van der Waals surface area contributed by atoms with E-state index in [0.717, 1.165) is 45.0 Å². The van der Waals surface area contributed by atoms with Crippen molar-refractivity contribution in [3.63, 3.8) is 0 Å². The Hall–Kier alpha value is -1.10. The van der Waals surface area contributed by atoms with Crippen molar-refractivity contribution in [2.75, 3.05) is 47.5 Å². The Bertz CT molecular complexity index is 345. The molecule has 4 heteroatoms. The molecule has 1 N–H and O–H groups in total. The van der Waals surface area contributed by atoms with Crippen LogP contribution < -0.4 is 10.1 Å². The third kappa shape index (κ3) is 7.15. The van der Waals surface area contributed by atoms with E-state index < -0.39 is 0 Å². The normalized spacial score (nSPS) is 10.9. The highest BCUT2D eigenvalue weighted by Gasteiger charge is 2.01. The average molecular weight is 266 g/mol. The van der Waals surface area contributed by atoms with Gasteiger partial charge in [0, 0.05) is 33.4 Å². The van der Waals surface area contributed by atoms with Gasteiger partial charge in [0.2, 0.25) is 0 Å². The van der Waals surface area contributed by atoms with Crippen LogP contribution in [0.5, 0.6) is 5.75 Å². The van der Waals surface area contributed by atoms with Crippen LogP contribution in [0.3, 0.4) is 0 Å². The summed E-state index contributed by atoms with van der Waals surface area (Å²) >= 11 is 0. The van der Waals surface area contributed by atoms with Crippen LogP contribution in [0, 0.1) is 0 Å². The molecule has 0 fully saturated rings. The molecule has 108 valence electrons. The second kappa shape index (κ2) is 9.78. The monoisotopic (exact) mass is 266 g/mol. The van der Waals surface area contributed by atoms with E-state index in [-0.39, 0.29) is 0 Å². The van der Waals surface area contributed by atoms with Gasteiger partial charge < -0.3 is 19.7 Å². The summed E-state index contributed by atoms with van der Waals surface area (Å²) in [6.07, 6.45) is 1.07. The molecular formula is C15H26N2O2. The maximum Gasteiger partial charge on any atom is 0.119 e. The van der Waals surface area contributed by atoms with Gasteiger partial charge in [-0.25, -0.2) is 0 Å². The minimum Gasteiger partial charge on any atom is -0.497 e. The SMILES string of the molecule is COCCCNCCN(C)Cc1cccc(OC)c1. The highest BCUT2D eigenvalue weighted by atomic mass is 16.5. The molecule has 4 nitrogen and oxygen atoms in total. The zero-order chi connectivity index (χ0) is 13.9. The zero-order valence-corrected chi connectivity index (χ0v) is 12.3. The van der Waals surface area contributed by atoms with E-state index in [4.69, 9.17) is 9.47 Å². The van der Waals surface area contributed by atoms with E-state index in [9.17, 15) is 0 Å². The summed E-state index contributed by atoms with van der Waals surface area (Å²) in [6, 6.07) is 8.22. The molecule has 1 rings (SSSR count). The summed E-state index contributed by atoms with van der Waals surface area (Å²) < 4.78 is 10.2. The quantitative estimate of drug-likeness (QED) is 0.654. The van der Waals surface area contributed by atoms with Crippen molar-refractivity contribution in [3.05, 3.63) is 29.8 Å². The van der Waals surface area contributed by atoms with E-state index in [0.29, 0.717) is 0 Å². The fourth-order valence-electron chi connectivity index (χ4n) is 1.90. The summed E-state index contributed by atoms with van der Waals surface area (Å²) in [5.41, 5.74) is 1.28. The van der Waals surface area contributed by atoms with Crippen molar-refractivity contribution < 1.29 is 9.47 Å². The fraction of sp³-hybridized carbons (Fsp3) is 0.600. The Labute approximate surface area is 116 Å². The molecule has 0 saturated carbocycles. The lowest BCUT2D eigenvalue weighted by molar-refractivity contribution is 0.194. The van der Waals surface area contributed by atoms with E-state index in [1.54, 1.807) is 14.2 Å². The Morgan fingerprint density at radius 3 is 2.79 bits per heavy atom. The molecule has 19 heavy (non-hydrogen) atoms. The summed E-state index contributed by atoms with van der Waals surface area (Å²) in [4.78, 5) is 2.30. The number of hydrogen-bond donors (Lipinski definition) is 1. The number of likely N-dealkylation sites (N-methyl/N-ethyl adjacent to an activating group) is 1. The lowest BCUT2D eigenvalue weighted by atomic mass is 10.2. The zero-order valence-electron chi connectivity index (χ0n) is 12.3. The number of nitrogens with zero attached hydrogens (tertiary/aromatic N) is 1. The third-order valence-corrected chi connectivity index (χ3v) is 2.96. The first kappa shape index (κ1) is 16.0. The summed E-state index contributed by atoms with van der Waals surface area (Å²) in [5, 5.41) is 3.41. The molecule has 0 aliphatic carbocycles. The molecule has 0 atom stereocenters. The highest BCUT2D eigenvalue weighted by Crippen LogP contribution is 2.13. The van der Waals surface area contributed by atoms with Crippen LogP contribution in [-0.2, 0) is 11.3 Å². The smallest absolute Gasteiger partial charge is 0.119 e. The molecular weight excluding hydrogens is 240 g/mol. The van der Waals surface area contributed by atoms with Gasteiger partial charge in [0.25, 0.3) is 0 Å². The Kier molecular flexibility index (Phi) is 8.21. The van der Waals surface area contributed by atoms with Gasteiger partial charge in [-0.15, -0.1) is 0 Å². The number of rotatable bonds is 10. The van der Waals surface area contributed by atoms with Gasteiger partial charge in [-0.05, 0) is 37.7 Å². The molecule has 0 aliphatic heterocycles. The van der Waals surface area contributed by atoms with Crippen LogP contribution in [0.4, 0.5) is 0 Å². The summed E-state index contributed by atoms with van der Waals surface area (Å²) in [6.45, 7) is 4.82. The van der Waals surface area contributed by atoms with Gasteiger partial charge in [-0.3, -0.25) is 0 Å². The van der Waals surface area contributed by atoms with Crippen LogP contribution in [0.15, 0.2) is 24.3 Å². The van der Waals surface area contributed by atoms with Crippen molar-refractivity contribution in [1.29, 1.82) is 0 Å². The molecule has 0 spiro atoms. The van der Waals surface area contributed by atoms with E-state index >= 15 is 0 Å². The van der Waals surface area contributed by atoms with Crippen molar-refractivity contribution in [2.24, 2.45) is 0 Å². The maximum atomic E-state index is 5.23. The second-order valence-corrected chi connectivity index (χ2v) is 4.69. The highest BCUT2D eigenvalue weighted by molar-refractivity contribution is 5.28. The first-order chi connectivity index (χ1) is 9.26. The van der Waals surface area contributed by atoms with Crippen molar-refractivity contribution >= 4 is 0 Å². The minimum absolute atomic E-state index is 0.826. The lowest BCUT2D eigenvalue weighted by Crippen LogP contribution is -2.29. The topological polar surface area (TPSA) is 33.7 Å². The van der Waals surface area contributed by atoms with Gasteiger partial charge in [-0.1, -0.05) is 12.1 Å². The maximum absolute atomic E-state index is 5.23. The second-order valence-electron chi connectivity index (χ2n) is 4.69. The predicted octanol–water partition coefficient (Wildman–Crippen LogP) is 1.75. The number of benzene rings is 1. The number of nitrogens with one attached hydrogen (secondary N) is 1. The Morgan fingerprint density at radius 2 is 2.05 bits per heavy atom. The minimum atomic E-state index is 0.826. The molecule has 0 aliphatic rings. The Balaban J connectivity index is 2.17. The number of hydrogen-bond acceptors (Lipinski definition) is 4. The van der Waals surface area contributed by atoms with Crippen LogP contribution in [-0.4, -0.2) is 52.4 Å². The average Bonchev–Trinajstić information content (AvgIpc) is 2.43.